The molecule has 1 saturated heterocycles. The molecule has 24 heavy (non-hydrogen) atoms. The maximum absolute atomic E-state index is 12.1. The molecule has 1 fully saturated rings. The molecular weight excluding hydrogens is 300 g/mol. The van der Waals surface area contributed by atoms with Crippen molar-refractivity contribution in [3.63, 3.8) is 0 Å². The highest BCUT2D eigenvalue weighted by molar-refractivity contribution is 5.83. The van der Waals surface area contributed by atoms with Gasteiger partial charge >= 0.3 is 6.09 Å². The van der Waals surface area contributed by atoms with Crippen molar-refractivity contribution in [2.75, 3.05) is 6.61 Å². The number of fused-ring (bicyclic) bond motifs is 1. The molecule has 2 aromatic rings. The van der Waals surface area contributed by atoms with Crippen LogP contribution in [0.4, 0.5) is 4.79 Å². The molecule has 1 aliphatic heterocycles. The number of hydrogen-bond donors (Lipinski definition) is 1. The van der Waals surface area contributed by atoms with Crippen molar-refractivity contribution in [2.24, 2.45) is 5.92 Å². The van der Waals surface area contributed by atoms with E-state index < -0.39 is 0 Å². The number of rotatable bonds is 6. The van der Waals surface area contributed by atoms with E-state index in [0.29, 0.717) is 12.5 Å². The van der Waals surface area contributed by atoms with E-state index in [9.17, 15) is 4.79 Å². The van der Waals surface area contributed by atoms with Crippen LogP contribution in [-0.2, 0) is 4.74 Å². The van der Waals surface area contributed by atoms with Crippen molar-refractivity contribution in [1.82, 2.24) is 10.4 Å². The van der Waals surface area contributed by atoms with Crippen LogP contribution in [0.1, 0.15) is 31.9 Å². The second kappa shape index (κ2) is 7.05. The molecule has 1 heterocycles. The molecule has 1 N–H and O–H groups in total. The molecule has 2 aromatic carbocycles. The molecular formula is C20H24N2O2. The highest BCUT2D eigenvalue weighted by atomic mass is 16.6. The van der Waals surface area contributed by atoms with Crippen molar-refractivity contribution in [2.45, 2.75) is 32.4 Å². The summed E-state index contributed by atoms with van der Waals surface area (Å²) in [5.41, 5.74) is 4.50. The van der Waals surface area contributed by atoms with Crippen LogP contribution in [-0.4, -0.2) is 23.8 Å². The summed E-state index contributed by atoms with van der Waals surface area (Å²) in [7, 11) is 0. The van der Waals surface area contributed by atoms with Crippen LogP contribution in [0, 0.1) is 5.92 Å². The average molecular weight is 324 g/mol. The number of amides is 1. The smallest absolute Gasteiger partial charge is 0.424 e. The Labute approximate surface area is 143 Å². The van der Waals surface area contributed by atoms with Crippen molar-refractivity contribution < 1.29 is 9.53 Å². The summed E-state index contributed by atoms with van der Waals surface area (Å²) < 4.78 is 5.22. The highest BCUT2D eigenvalue weighted by Crippen LogP contribution is 2.26. The van der Waals surface area contributed by atoms with Crippen LogP contribution in [0.3, 0.4) is 0 Å². The molecule has 1 aliphatic rings. The average Bonchev–Trinajstić information content (AvgIpc) is 2.95. The Morgan fingerprint density at radius 2 is 2.04 bits per heavy atom. The van der Waals surface area contributed by atoms with Crippen LogP contribution >= 0.6 is 0 Å². The molecule has 126 valence electrons. The maximum Gasteiger partial charge on any atom is 0.424 e. The van der Waals surface area contributed by atoms with Crippen molar-refractivity contribution in [1.29, 1.82) is 0 Å². The fraction of sp³-hybridized carbons (Fsp3) is 0.350. The Bertz CT molecular complexity index is 741. The van der Waals surface area contributed by atoms with E-state index in [1.165, 1.54) is 10.8 Å². The number of hydrazine groups is 1. The normalized spacial score (nSPS) is 18.9. The van der Waals surface area contributed by atoms with Gasteiger partial charge < -0.3 is 4.74 Å². The zero-order valence-electron chi connectivity index (χ0n) is 14.2. The Morgan fingerprint density at radius 3 is 2.75 bits per heavy atom. The molecule has 1 amide bonds. The number of benzene rings is 2. The summed E-state index contributed by atoms with van der Waals surface area (Å²) in [6.45, 7) is 8.49. The van der Waals surface area contributed by atoms with E-state index in [-0.39, 0.29) is 18.2 Å². The minimum atomic E-state index is -0.302. The Morgan fingerprint density at radius 1 is 1.29 bits per heavy atom. The molecule has 0 spiro atoms. The van der Waals surface area contributed by atoms with Gasteiger partial charge in [0.2, 0.25) is 0 Å². The van der Waals surface area contributed by atoms with E-state index in [1.54, 1.807) is 5.01 Å². The van der Waals surface area contributed by atoms with Crippen molar-refractivity contribution in [3.05, 3.63) is 60.7 Å². The molecule has 2 atom stereocenters. The van der Waals surface area contributed by atoms with Gasteiger partial charge in [-0.15, -0.1) is 6.58 Å². The van der Waals surface area contributed by atoms with Crippen LogP contribution in [0.25, 0.3) is 10.8 Å². The summed E-state index contributed by atoms with van der Waals surface area (Å²) >= 11 is 0. The van der Waals surface area contributed by atoms with Gasteiger partial charge in [-0.3, -0.25) is 0 Å². The number of ether oxygens (including phenoxy) is 1. The predicted molar refractivity (Wildman–Crippen MR) is 96.5 cm³/mol. The largest absolute Gasteiger partial charge is 0.446 e. The van der Waals surface area contributed by atoms with E-state index >= 15 is 0 Å². The first-order chi connectivity index (χ1) is 11.6. The van der Waals surface area contributed by atoms with Gasteiger partial charge in [0, 0.05) is 0 Å². The number of cyclic esters (lactones) is 1. The third kappa shape index (κ3) is 3.29. The maximum atomic E-state index is 12.1. The van der Waals surface area contributed by atoms with Gasteiger partial charge in [0.25, 0.3) is 0 Å². The van der Waals surface area contributed by atoms with Crippen LogP contribution in [0.15, 0.2) is 55.1 Å². The zero-order chi connectivity index (χ0) is 17.1. The standard InChI is InChI=1S/C20H24N2O2/c1-4-7-18(21-22-19(14(2)3)13-24-20(22)23)17-11-10-15-8-5-6-9-16(15)12-17/h4-6,8-12,14,18-19,21H,1,7,13H2,2-3H3/t18-,19+/m0/s1. The monoisotopic (exact) mass is 324 g/mol. The molecule has 0 saturated carbocycles. The van der Waals surface area contributed by atoms with Gasteiger partial charge in [-0.25, -0.2) is 15.2 Å². The van der Waals surface area contributed by atoms with Gasteiger partial charge in [-0.1, -0.05) is 56.3 Å². The molecule has 0 bridgehead atoms. The fourth-order valence-electron chi connectivity index (χ4n) is 3.10. The lowest BCUT2D eigenvalue weighted by atomic mass is 10.00. The highest BCUT2D eigenvalue weighted by Gasteiger charge is 2.36. The quantitative estimate of drug-likeness (QED) is 0.799. The molecule has 4 heteroatoms. The first kappa shape index (κ1) is 16.5. The summed E-state index contributed by atoms with van der Waals surface area (Å²) in [4.78, 5) is 12.1. The van der Waals surface area contributed by atoms with E-state index in [1.807, 2.05) is 18.2 Å². The lowest BCUT2D eigenvalue weighted by molar-refractivity contribution is 0.122. The number of nitrogens with zero attached hydrogens (tertiary/aromatic N) is 1. The van der Waals surface area contributed by atoms with Crippen LogP contribution < -0.4 is 5.43 Å². The summed E-state index contributed by atoms with van der Waals surface area (Å²) in [6, 6.07) is 14.7. The molecule has 0 unspecified atom stereocenters. The lowest BCUT2D eigenvalue weighted by Crippen LogP contribution is -2.48. The van der Waals surface area contributed by atoms with Gasteiger partial charge in [0.1, 0.15) is 6.61 Å². The van der Waals surface area contributed by atoms with Crippen molar-refractivity contribution in [3.8, 4) is 0 Å². The van der Waals surface area contributed by atoms with E-state index in [0.717, 1.165) is 12.0 Å². The molecule has 4 nitrogen and oxygen atoms in total. The summed E-state index contributed by atoms with van der Waals surface area (Å²) in [5, 5.41) is 4.04. The van der Waals surface area contributed by atoms with Gasteiger partial charge in [0.05, 0.1) is 12.1 Å². The third-order valence-corrected chi connectivity index (χ3v) is 4.55. The molecule has 3 rings (SSSR count). The second-order valence-electron chi connectivity index (χ2n) is 6.57. The SMILES string of the molecule is C=CC[C@H](NN1C(=O)OC[C@@H]1C(C)C)c1ccc2ccccc2c1. The Balaban J connectivity index is 1.88. The Hall–Kier alpha value is -2.33. The van der Waals surface area contributed by atoms with Gasteiger partial charge in [-0.05, 0) is 34.7 Å². The first-order valence-electron chi connectivity index (χ1n) is 8.42. The topological polar surface area (TPSA) is 41.6 Å². The fourth-order valence-corrected chi connectivity index (χ4v) is 3.10. The Kier molecular flexibility index (Phi) is 4.86. The van der Waals surface area contributed by atoms with Crippen molar-refractivity contribution >= 4 is 16.9 Å². The van der Waals surface area contributed by atoms with Gasteiger partial charge in [0.15, 0.2) is 0 Å². The number of carbonyl (C=O) groups is 1. The number of hydrogen-bond acceptors (Lipinski definition) is 3. The molecule has 0 aromatic heterocycles. The van der Waals surface area contributed by atoms with Gasteiger partial charge in [-0.2, -0.15) is 0 Å². The number of nitrogens with one attached hydrogen (secondary N) is 1. The summed E-state index contributed by atoms with van der Waals surface area (Å²) in [5.74, 6) is 0.324. The number of carbonyl (C=O) groups excluding carboxylic acids is 1. The first-order valence-corrected chi connectivity index (χ1v) is 8.42. The lowest BCUT2D eigenvalue weighted by Gasteiger charge is -2.29. The van der Waals surface area contributed by atoms with Crippen LogP contribution in [0.5, 0.6) is 0 Å². The van der Waals surface area contributed by atoms with E-state index in [2.05, 4.69) is 56.2 Å². The summed E-state index contributed by atoms with van der Waals surface area (Å²) in [6.07, 6.45) is 2.30. The van der Waals surface area contributed by atoms with E-state index in [4.69, 9.17) is 4.74 Å². The minimum absolute atomic E-state index is 0.0148. The zero-order valence-corrected chi connectivity index (χ0v) is 14.2. The minimum Gasteiger partial charge on any atom is -0.446 e. The molecule has 0 radical (unpaired) electrons. The van der Waals surface area contributed by atoms with Crippen LogP contribution in [0.2, 0.25) is 0 Å². The molecule has 0 aliphatic carbocycles. The predicted octanol–water partition coefficient (Wildman–Crippen LogP) is 4.44. The second-order valence-corrected chi connectivity index (χ2v) is 6.57. The third-order valence-electron chi connectivity index (χ3n) is 4.55.